The van der Waals surface area contributed by atoms with Gasteiger partial charge in [-0.1, -0.05) is 20.8 Å². The molecule has 1 rings (SSSR count). The van der Waals surface area contributed by atoms with E-state index in [0.717, 1.165) is 0 Å². The first kappa shape index (κ1) is 17.7. The van der Waals surface area contributed by atoms with Gasteiger partial charge in [-0.15, -0.1) is 18.1 Å². The molecule has 117 valence electrons. The minimum atomic E-state index is -1.95. The van der Waals surface area contributed by atoms with Crippen molar-refractivity contribution in [3.05, 3.63) is 29.1 Å². The molecule has 21 heavy (non-hydrogen) atoms. The smallest absolute Gasteiger partial charge is 0.133 e. The van der Waals surface area contributed by atoms with Gasteiger partial charge in [-0.3, -0.25) is 0 Å². The summed E-state index contributed by atoms with van der Waals surface area (Å²) in [5.41, 5.74) is 0.801. The lowest BCUT2D eigenvalue weighted by Gasteiger charge is -2.48. The summed E-state index contributed by atoms with van der Waals surface area (Å²) < 4.78 is 25.6. The summed E-state index contributed by atoms with van der Waals surface area (Å²) in [7, 11) is -0.417. The van der Waals surface area contributed by atoms with E-state index < -0.39 is 8.32 Å². The number of methoxy groups -OCH3 is 1. The number of nitriles is 1. The highest BCUT2D eigenvalue weighted by Crippen LogP contribution is 2.37. The molecule has 0 heterocycles. The van der Waals surface area contributed by atoms with E-state index in [-0.39, 0.29) is 23.9 Å². The van der Waals surface area contributed by atoms with Crippen molar-refractivity contribution in [3.63, 3.8) is 0 Å². The quantitative estimate of drug-likeness (QED) is 0.756. The molecule has 3 nitrogen and oxygen atoms in total. The third-order valence-corrected chi connectivity index (χ3v) is 8.58. The molecule has 0 aliphatic heterocycles. The SMILES string of the molecule is COc1cc(CC#N)c(F)c(CO[Si-](C)(C)C(C)(C)C)c1. The van der Waals surface area contributed by atoms with E-state index in [9.17, 15) is 4.39 Å². The van der Waals surface area contributed by atoms with Gasteiger partial charge in [-0.25, -0.2) is 4.39 Å². The van der Waals surface area contributed by atoms with Gasteiger partial charge in [0.1, 0.15) is 11.6 Å². The predicted molar refractivity (Wildman–Crippen MR) is 84.3 cm³/mol. The number of rotatable bonds is 5. The molecular formula is C16H24FNO2Si-. The average Bonchev–Trinajstić information content (AvgIpc) is 2.38. The van der Waals surface area contributed by atoms with Crippen LogP contribution in [0.15, 0.2) is 12.1 Å². The Labute approximate surface area is 127 Å². The fraction of sp³-hybridized carbons (Fsp3) is 0.562. The fourth-order valence-corrected chi connectivity index (χ4v) is 2.58. The fourth-order valence-electron chi connectivity index (χ4n) is 1.63. The number of hydrogen-bond acceptors (Lipinski definition) is 3. The van der Waals surface area contributed by atoms with E-state index in [2.05, 4.69) is 33.9 Å². The third-order valence-electron chi connectivity index (χ3n) is 4.10. The highest BCUT2D eigenvalue weighted by molar-refractivity contribution is 6.74. The normalized spacial score (nSPS) is 12.1. The molecule has 0 aromatic heterocycles. The summed E-state index contributed by atoms with van der Waals surface area (Å²) in [4.78, 5) is 0. The zero-order valence-electron chi connectivity index (χ0n) is 13.7. The highest BCUT2D eigenvalue weighted by Gasteiger charge is 2.25. The van der Waals surface area contributed by atoms with Crippen LogP contribution in [-0.2, 0) is 17.5 Å². The van der Waals surface area contributed by atoms with Crippen LogP contribution in [0.5, 0.6) is 5.75 Å². The second-order valence-electron chi connectivity index (χ2n) is 6.64. The van der Waals surface area contributed by atoms with Gasteiger partial charge in [0.2, 0.25) is 0 Å². The monoisotopic (exact) mass is 309 g/mol. The van der Waals surface area contributed by atoms with Gasteiger partial charge < -0.3 is 9.16 Å². The highest BCUT2D eigenvalue weighted by atomic mass is 28.4. The maximum Gasteiger partial charge on any atom is 0.133 e. The minimum absolute atomic E-state index is 0.0239. The molecule has 0 unspecified atom stereocenters. The lowest BCUT2D eigenvalue weighted by Crippen LogP contribution is -2.40. The molecule has 0 radical (unpaired) electrons. The molecule has 5 heteroatoms. The van der Waals surface area contributed by atoms with E-state index in [4.69, 9.17) is 14.4 Å². The summed E-state index contributed by atoms with van der Waals surface area (Å²) in [5, 5.41) is 8.85. The Morgan fingerprint density at radius 1 is 1.24 bits per heavy atom. The second-order valence-corrected chi connectivity index (χ2v) is 11.5. The van der Waals surface area contributed by atoms with Crippen molar-refractivity contribution in [1.29, 1.82) is 5.26 Å². The predicted octanol–water partition coefficient (Wildman–Crippen LogP) is 4.42. The molecule has 0 fully saturated rings. The van der Waals surface area contributed by atoms with Crippen LogP contribution in [0.25, 0.3) is 0 Å². The molecule has 0 aliphatic carbocycles. The van der Waals surface area contributed by atoms with Crippen LogP contribution in [-0.4, -0.2) is 15.4 Å². The summed E-state index contributed by atoms with van der Waals surface area (Å²) in [5.74, 6) is 0.187. The average molecular weight is 309 g/mol. The van der Waals surface area contributed by atoms with Gasteiger partial charge in [-0.2, -0.15) is 5.26 Å². The van der Waals surface area contributed by atoms with Gasteiger partial charge >= 0.3 is 0 Å². The van der Waals surface area contributed by atoms with Crippen LogP contribution >= 0.6 is 0 Å². The number of halogens is 1. The van der Waals surface area contributed by atoms with Crippen LogP contribution in [0.1, 0.15) is 31.9 Å². The van der Waals surface area contributed by atoms with Crippen molar-refractivity contribution >= 4 is 8.32 Å². The maximum absolute atomic E-state index is 14.4. The molecule has 0 spiro atoms. The summed E-state index contributed by atoms with van der Waals surface area (Å²) in [6, 6.07) is 5.18. The Balaban J connectivity index is 3.03. The Hall–Kier alpha value is -1.38. The van der Waals surface area contributed by atoms with Crippen molar-refractivity contribution < 1.29 is 13.6 Å². The van der Waals surface area contributed by atoms with Gasteiger partial charge in [-0.05, 0) is 20.5 Å². The Morgan fingerprint density at radius 2 is 1.81 bits per heavy atom. The first-order valence-corrected chi connectivity index (χ1v) is 9.89. The zero-order valence-corrected chi connectivity index (χ0v) is 14.7. The van der Waals surface area contributed by atoms with Crippen molar-refractivity contribution in [3.8, 4) is 11.8 Å². The number of hydrogen-bond donors (Lipinski definition) is 0. The molecular weight excluding hydrogens is 285 g/mol. The first-order valence-electron chi connectivity index (χ1n) is 6.98. The first-order chi connectivity index (χ1) is 9.62. The Morgan fingerprint density at radius 3 is 2.29 bits per heavy atom. The molecule has 0 N–H and O–H groups in total. The molecule has 1 aromatic carbocycles. The van der Waals surface area contributed by atoms with Crippen molar-refractivity contribution in [2.24, 2.45) is 0 Å². The second kappa shape index (κ2) is 6.59. The van der Waals surface area contributed by atoms with Crippen LogP contribution in [0.4, 0.5) is 4.39 Å². The van der Waals surface area contributed by atoms with E-state index in [1.807, 2.05) is 6.07 Å². The van der Waals surface area contributed by atoms with E-state index in [1.165, 1.54) is 7.11 Å². The Kier molecular flexibility index (Phi) is 5.54. The van der Waals surface area contributed by atoms with Crippen LogP contribution in [0.3, 0.4) is 0 Å². The summed E-state index contributed by atoms with van der Waals surface area (Å²) in [6.45, 7) is 10.9. The largest absolute Gasteiger partial charge is 0.561 e. The van der Waals surface area contributed by atoms with Crippen molar-refractivity contribution in [2.75, 3.05) is 7.11 Å². The van der Waals surface area contributed by atoms with Crippen molar-refractivity contribution in [2.45, 2.75) is 51.9 Å². The molecule has 0 amide bonds. The van der Waals surface area contributed by atoms with Gasteiger partial charge in [0.05, 0.1) is 19.6 Å². The number of nitrogens with zero attached hydrogens (tertiary/aromatic N) is 1. The summed E-state index contributed by atoms with van der Waals surface area (Å²) in [6.07, 6.45) is 0.0239. The van der Waals surface area contributed by atoms with Gasteiger partial charge in [0.25, 0.3) is 0 Å². The van der Waals surface area contributed by atoms with E-state index in [1.54, 1.807) is 12.1 Å². The van der Waals surface area contributed by atoms with Crippen LogP contribution in [0, 0.1) is 17.1 Å². The number of benzene rings is 1. The van der Waals surface area contributed by atoms with Gasteiger partial charge in [0, 0.05) is 17.7 Å². The van der Waals surface area contributed by atoms with Crippen molar-refractivity contribution in [1.82, 2.24) is 0 Å². The minimum Gasteiger partial charge on any atom is -0.561 e. The Bertz CT molecular complexity index is 544. The van der Waals surface area contributed by atoms with Gasteiger partial charge in [0.15, 0.2) is 0 Å². The summed E-state index contributed by atoms with van der Waals surface area (Å²) >= 11 is 0. The lowest BCUT2D eigenvalue weighted by molar-refractivity contribution is 0.270. The molecule has 0 saturated heterocycles. The molecule has 0 bridgehead atoms. The standard InChI is InChI=1S/C16H24FNO2Si/c1-16(2,3)21(5,6)20-11-13-10-14(19-4)9-12(7-8-18)15(13)17/h9-10H,7,11H2,1-6H3/q-1. The lowest BCUT2D eigenvalue weighted by atomic mass is 10.1. The zero-order chi connectivity index (χ0) is 16.3. The molecule has 0 atom stereocenters. The maximum atomic E-state index is 14.4. The number of ether oxygens (including phenoxy) is 1. The van der Waals surface area contributed by atoms with Crippen LogP contribution < -0.4 is 4.74 Å². The van der Waals surface area contributed by atoms with E-state index in [0.29, 0.717) is 16.9 Å². The van der Waals surface area contributed by atoms with Crippen LogP contribution in [0.2, 0.25) is 18.1 Å². The molecule has 0 aliphatic rings. The molecule has 1 aromatic rings. The third kappa shape index (κ3) is 4.29. The molecule has 0 saturated carbocycles. The topological polar surface area (TPSA) is 42.2 Å². The van der Waals surface area contributed by atoms with E-state index >= 15 is 0 Å².